The molecule has 0 spiro atoms. The van der Waals surface area contributed by atoms with Crippen LogP contribution in [-0.4, -0.2) is 22.1 Å². The Balaban J connectivity index is 1.94. The highest BCUT2D eigenvalue weighted by Gasteiger charge is 2.19. The lowest BCUT2D eigenvalue weighted by Gasteiger charge is -2.04. The van der Waals surface area contributed by atoms with Gasteiger partial charge >= 0.3 is 5.69 Å². The minimum absolute atomic E-state index is 0.338. The summed E-state index contributed by atoms with van der Waals surface area (Å²) in [7, 11) is 0. The summed E-state index contributed by atoms with van der Waals surface area (Å²) in [5.74, 6) is 0. The molecule has 1 aromatic rings. The van der Waals surface area contributed by atoms with Gasteiger partial charge in [-0.05, 0) is 12.8 Å². The predicted molar refractivity (Wildman–Crippen MR) is 52.3 cm³/mol. The molecule has 0 radical (unpaired) electrons. The molecule has 0 unspecified atom stereocenters. The summed E-state index contributed by atoms with van der Waals surface area (Å²) in [5, 5.41) is 3.30. The number of rotatable bonds is 4. The summed E-state index contributed by atoms with van der Waals surface area (Å²) in [6.45, 7) is 1.38. The van der Waals surface area contributed by atoms with Crippen LogP contribution in [-0.2, 0) is 6.54 Å². The molecule has 0 atom stereocenters. The molecule has 1 saturated carbocycles. The Morgan fingerprint density at radius 2 is 2.29 bits per heavy atom. The van der Waals surface area contributed by atoms with Gasteiger partial charge in [-0.2, -0.15) is 0 Å². The van der Waals surface area contributed by atoms with E-state index in [-0.39, 0.29) is 11.2 Å². The highest BCUT2D eigenvalue weighted by atomic mass is 16.2. The molecule has 1 aromatic heterocycles. The molecule has 5 heteroatoms. The van der Waals surface area contributed by atoms with Crippen molar-refractivity contribution in [3.63, 3.8) is 0 Å². The van der Waals surface area contributed by atoms with Crippen LogP contribution >= 0.6 is 0 Å². The molecule has 2 N–H and O–H groups in total. The fourth-order valence-electron chi connectivity index (χ4n) is 1.30. The summed E-state index contributed by atoms with van der Waals surface area (Å²) in [4.78, 5) is 24.2. The van der Waals surface area contributed by atoms with E-state index in [1.54, 1.807) is 0 Å². The van der Waals surface area contributed by atoms with Crippen molar-refractivity contribution in [2.45, 2.75) is 25.4 Å². The number of nitrogens with one attached hydrogen (secondary N) is 2. The van der Waals surface area contributed by atoms with Crippen molar-refractivity contribution in [3.05, 3.63) is 33.1 Å². The van der Waals surface area contributed by atoms with Crippen molar-refractivity contribution in [1.29, 1.82) is 0 Å². The van der Waals surface area contributed by atoms with Crippen molar-refractivity contribution >= 4 is 0 Å². The molecule has 0 amide bonds. The van der Waals surface area contributed by atoms with Crippen LogP contribution in [0.25, 0.3) is 0 Å². The van der Waals surface area contributed by atoms with Gasteiger partial charge in [-0.25, -0.2) is 4.79 Å². The van der Waals surface area contributed by atoms with Crippen LogP contribution in [0.4, 0.5) is 0 Å². The second-order valence-electron chi connectivity index (χ2n) is 3.53. The largest absolute Gasteiger partial charge is 0.328 e. The molecule has 0 aliphatic heterocycles. The molecule has 1 aliphatic carbocycles. The topological polar surface area (TPSA) is 66.9 Å². The number of H-pyrrole nitrogens is 1. The fraction of sp³-hybridized carbons (Fsp3) is 0.556. The van der Waals surface area contributed by atoms with Crippen molar-refractivity contribution < 1.29 is 0 Å². The van der Waals surface area contributed by atoms with E-state index in [0.29, 0.717) is 12.6 Å². The van der Waals surface area contributed by atoms with Gasteiger partial charge in [-0.3, -0.25) is 14.3 Å². The van der Waals surface area contributed by atoms with Crippen LogP contribution in [0.3, 0.4) is 0 Å². The Morgan fingerprint density at radius 1 is 1.50 bits per heavy atom. The van der Waals surface area contributed by atoms with Crippen LogP contribution in [0.15, 0.2) is 21.9 Å². The molecule has 76 valence electrons. The highest BCUT2D eigenvalue weighted by Crippen LogP contribution is 2.17. The maximum absolute atomic E-state index is 11.2. The van der Waals surface area contributed by atoms with E-state index >= 15 is 0 Å². The molecule has 2 rings (SSSR count). The van der Waals surface area contributed by atoms with E-state index in [4.69, 9.17) is 0 Å². The van der Waals surface area contributed by atoms with Gasteiger partial charge < -0.3 is 5.32 Å². The zero-order valence-corrected chi connectivity index (χ0v) is 7.82. The van der Waals surface area contributed by atoms with Crippen LogP contribution in [0.2, 0.25) is 0 Å². The second kappa shape index (κ2) is 3.79. The van der Waals surface area contributed by atoms with Gasteiger partial charge in [-0.1, -0.05) is 0 Å². The smallest absolute Gasteiger partial charge is 0.312 e. The summed E-state index contributed by atoms with van der Waals surface area (Å²) in [6.07, 6.45) is 4.00. The first kappa shape index (κ1) is 9.21. The number of hydrogen-bond donors (Lipinski definition) is 2. The van der Waals surface area contributed by atoms with Crippen LogP contribution in [0.5, 0.6) is 0 Å². The second-order valence-corrected chi connectivity index (χ2v) is 3.53. The van der Waals surface area contributed by atoms with E-state index < -0.39 is 0 Å². The standard InChI is InChI=1S/C9H13N3O2/c13-8-3-5-12(9(14)11-8)6-4-10-7-1-2-7/h3,5,7,10H,1-2,4,6H2,(H,11,13,14). The number of hydrogen-bond acceptors (Lipinski definition) is 3. The van der Waals surface area contributed by atoms with Crippen molar-refractivity contribution in [1.82, 2.24) is 14.9 Å². The van der Waals surface area contributed by atoms with Gasteiger partial charge in [0.05, 0.1) is 0 Å². The first-order valence-corrected chi connectivity index (χ1v) is 4.79. The Labute approximate surface area is 80.8 Å². The molecule has 0 bridgehead atoms. The van der Waals surface area contributed by atoms with Crippen molar-refractivity contribution in [3.8, 4) is 0 Å². The third-order valence-electron chi connectivity index (χ3n) is 2.26. The van der Waals surface area contributed by atoms with E-state index in [9.17, 15) is 9.59 Å². The van der Waals surface area contributed by atoms with E-state index in [1.807, 2.05) is 0 Å². The summed E-state index contributed by atoms with van der Waals surface area (Å²) >= 11 is 0. The first-order valence-electron chi connectivity index (χ1n) is 4.79. The maximum Gasteiger partial charge on any atom is 0.328 e. The van der Waals surface area contributed by atoms with E-state index in [1.165, 1.54) is 29.7 Å². The van der Waals surface area contributed by atoms with Crippen LogP contribution in [0, 0.1) is 0 Å². The predicted octanol–water partition coefficient (Wildman–Crippen LogP) is -0.711. The fourth-order valence-corrected chi connectivity index (χ4v) is 1.30. The third-order valence-corrected chi connectivity index (χ3v) is 2.26. The molecular weight excluding hydrogens is 182 g/mol. The van der Waals surface area contributed by atoms with Crippen LogP contribution in [0.1, 0.15) is 12.8 Å². The normalized spacial score (nSPS) is 15.7. The van der Waals surface area contributed by atoms with Crippen molar-refractivity contribution in [2.75, 3.05) is 6.54 Å². The Kier molecular flexibility index (Phi) is 2.49. The number of aromatic nitrogens is 2. The molecule has 1 fully saturated rings. The molecule has 14 heavy (non-hydrogen) atoms. The Hall–Kier alpha value is -1.36. The minimum atomic E-state index is -0.346. The van der Waals surface area contributed by atoms with E-state index in [0.717, 1.165) is 6.54 Å². The molecule has 0 aromatic carbocycles. The van der Waals surface area contributed by atoms with Gasteiger partial charge in [0.15, 0.2) is 0 Å². The summed E-state index contributed by atoms with van der Waals surface area (Å²) < 4.78 is 1.50. The Bertz CT molecular complexity index is 417. The zero-order valence-electron chi connectivity index (χ0n) is 7.82. The first-order chi connectivity index (χ1) is 6.75. The molecular formula is C9H13N3O2. The van der Waals surface area contributed by atoms with E-state index in [2.05, 4.69) is 10.3 Å². The lowest BCUT2D eigenvalue weighted by molar-refractivity contribution is 0.572. The molecule has 0 saturated heterocycles. The average Bonchev–Trinajstić information content (AvgIpc) is 2.92. The van der Waals surface area contributed by atoms with Crippen molar-refractivity contribution in [2.24, 2.45) is 0 Å². The summed E-state index contributed by atoms with van der Waals surface area (Å²) in [6, 6.07) is 2.01. The van der Waals surface area contributed by atoms with Gasteiger partial charge in [0, 0.05) is 31.4 Å². The van der Waals surface area contributed by atoms with Gasteiger partial charge in [-0.15, -0.1) is 0 Å². The molecule has 1 heterocycles. The average molecular weight is 195 g/mol. The molecule has 1 aliphatic rings. The summed E-state index contributed by atoms with van der Waals surface area (Å²) in [5.41, 5.74) is -0.684. The van der Waals surface area contributed by atoms with Gasteiger partial charge in [0.25, 0.3) is 5.56 Å². The third kappa shape index (κ3) is 2.32. The lowest BCUT2D eigenvalue weighted by atomic mass is 10.5. The highest BCUT2D eigenvalue weighted by molar-refractivity contribution is 4.84. The van der Waals surface area contributed by atoms with Gasteiger partial charge in [0.1, 0.15) is 0 Å². The van der Waals surface area contributed by atoms with Gasteiger partial charge in [0.2, 0.25) is 0 Å². The lowest BCUT2D eigenvalue weighted by Crippen LogP contribution is -2.32. The SMILES string of the molecule is O=c1ccn(CCNC2CC2)c(=O)[nH]1. The zero-order chi connectivity index (χ0) is 9.97. The number of aromatic amines is 1. The minimum Gasteiger partial charge on any atom is -0.312 e. The Morgan fingerprint density at radius 3 is 2.93 bits per heavy atom. The maximum atomic E-state index is 11.2. The monoisotopic (exact) mass is 195 g/mol. The van der Waals surface area contributed by atoms with Crippen LogP contribution < -0.4 is 16.6 Å². The quantitative estimate of drug-likeness (QED) is 0.667. The number of nitrogens with zero attached hydrogens (tertiary/aromatic N) is 1. The molecule has 5 nitrogen and oxygen atoms in total.